The molecule has 3 atom stereocenters. The van der Waals surface area contributed by atoms with Crippen molar-refractivity contribution in [3.8, 4) is 0 Å². The second-order valence-corrected chi connectivity index (χ2v) is 12.9. The summed E-state index contributed by atoms with van der Waals surface area (Å²) in [4.78, 5) is 4.11. The van der Waals surface area contributed by atoms with Gasteiger partial charge in [0.05, 0.1) is 0 Å². The molecule has 1 nitrogen and oxygen atoms in total. The van der Waals surface area contributed by atoms with Gasteiger partial charge >= 0.3 is 139 Å². The van der Waals surface area contributed by atoms with Crippen LogP contribution in [0, 0.1) is 17.3 Å². The van der Waals surface area contributed by atoms with E-state index >= 15 is 0 Å². The second kappa shape index (κ2) is 8.28. The summed E-state index contributed by atoms with van der Waals surface area (Å²) in [7, 11) is 0.169. The first-order valence-electron chi connectivity index (χ1n) is 8.47. The molecule has 0 saturated heterocycles. The number of nitrogens with zero attached hydrogens (tertiary/aromatic N) is 1. The Kier molecular flexibility index (Phi) is 8.04. The van der Waals surface area contributed by atoms with E-state index in [9.17, 15) is 0 Å². The summed E-state index contributed by atoms with van der Waals surface area (Å²) in [5.41, 5.74) is 2.05. The molecule has 0 amide bonds. The fourth-order valence-corrected chi connectivity index (χ4v) is 7.13. The van der Waals surface area contributed by atoms with Crippen LogP contribution in [-0.4, -0.2) is 31.9 Å². The monoisotopic (exact) mass is 323 g/mol. The van der Waals surface area contributed by atoms with Crippen molar-refractivity contribution >= 4 is 13.1 Å². The molecule has 0 bridgehead atoms. The molecule has 0 aliphatic rings. The number of allylic oxidation sites excluding steroid dienone is 3. The van der Waals surface area contributed by atoms with Crippen LogP contribution in [0.4, 0.5) is 0 Å². The van der Waals surface area contributed by atoms with Crippen molar-refractivity contribution in [3.05, 3.63) is 30.1 Å². The Morgan fingerprint density at radius 2 is 1.82 bits per heavy atom. The molecular weight excluding hydrogens is 285 g/mol. The average molecular weight is 324 g/mol. The summed E-state index contributed by atoms with van der Waals surface area (Å²) in [6.45, 7) is 27.3. The summed E-state index contributed by atoms with van der Waals surface area (Å²) >= 11 is 0. The van der Waals surface area contributed by atoms with Crippen LogP contribution in [0.3, 0.4) is 0 Å². The minimum atomic E-state index is -1.62. The van der Waals surface area contributed by atoms with Crippen LogP contribution < -0.4 is 0 Å². The number of hydrogen-bond donors (Lipinski definition) is 0. The molecule has 2 heteroatoms. The van der Waals surface area contributed by atoms with Crippen molar-refractivity contribution in [3.63, 3.8) is 0 Å². The van der Waals surface area contributed by atoms with Gasteiger partial charge in [-0.2, -0.15) is 0 Å². The van der Waals surface area contributed by atoms with Crippen molar-refractivity contribution in [1.82, 2.24) is 0 Å². The van der Waals surface area contributed by atoms with Crippen molar-refractivity contribution in [1.29, 1.82) is 0 Å². The standard InChI is InChI=1S/C20H38NP/c1-12-18(14-21-9)16(5)19(22(10,11)15(3)4)17(6)20(7,8)13-2/h12,16-17,19,22H,1,3,13H2,2,4-11H3. The molecule has 0 fully saturated rings. The zero-order valence-electron chi connectivity index (χ0n) is 16.4. The van der Waals surface area contributed by atoms with Gasteiger partial charge in [-0.05, 0) is 0 Å². The van der Waals surface area contributed by atoms with Gasteiger partial charge in [-0.15, -0.1) is 0 Å². The minimum absolute atomic E-state index is 0.314. The Labute approximate surface area is 140 Å². The normalized spacial score (nSPS) is 17.0. The van der Waals surface area contributed by atoms with E-state index in [0.29, 0.717) is 22.9 Å². The molecular formula is C20H38NP. The van der Waals surface area contributed by atoms with E-state index in [1.165, 1.54) is 11.7 Å². The fourth-order valence-electron chi connectivity index (χ4n) is 3.43. The van der Waals surface area contributed by atoms with E-state index < -0.39 is 7.26 Å². The first-order valence-corrected chi connectivity index (χ1v) is 11.5. The van der Waals surface area contributed by atoms with Crippen LogP contribution in [0.15, 0.2) is 35.1 Å². The maximum absolute atomic E-state index is 4.33. The van der Waals surface area contributed by atoms with Crippen LogP contribution in [0.25, 0.3) is 0 Å². The van der Waals surface area contributed by atoms with Crippen LogP contribution in [-0.2, 0) is 0 Å². The van der Waals surface area contributed by atoms with Gasteiger partial charge in [-0.25, -0.2) is 0 Å². The van der Waals surface area contributed by atoms with E-state index in [1.54, 1.807) is 7.05 Å². The molecule has 0 aliphatic heterocycles. The molecule has 0 aromatic heterocycles. The molecule has 0 radical (unpaired) electrons. The second-order valence-electron chi connectivity index (χ2n) is 7.94. The molecule has 0 heterocycles. The molecule has 0 rings (SSSR count). The summed E-state index contributed by atoms with van der Waals surface area (Å²) in [6, 6.07) is 0. The summed E-state index contributed by atoms with van der Waals surface area (Å²) < 4.78 is 0. The SMILES string of the molecule is C=CC(=C=NC)C(C)C(C(C)C(C)(C)CC)[PH](C)(C)C(=C)C. The van der Waals surface area contributed by atoms with E-state index in [4.69, 9.17) is 0 Å². The quantitative estimate of drug-likeness (QED) is 0.294. The van der Waals surface area contributed by atoms with Crippen molar-refractivity contribution in [2.24, 2.45) is 22.2 Å². The van der Waals surface area contributed by atoms with Gasteiger partial charge in [0.25, 0.3) is 0 Å². The summed E-state index contributed by atoms with van der Waals surface area (Å²) in [5.74, 6) is 4.18. The van der Waals surface area contributed by atoms with Crippen LogP contribution in [0.2, 0.25) is 0 Å². The zero-order valence-corrected chi connectivity index (χ0v) is 17.4. The molecule has 3 unspecified atom stereocenters. The Morgan fingerprint density at radius 1 is 1.32 bits per heavy atom. The topological polar surface area (TPSA) is 12.4 Å². The third kappa shape index (κ3) is 4.68. The van der Waals surface area contributed by atoms with Gasteiger partial charge in [0.1, 0.15) is 0 Å². The van der Waals surface area contributed by atoms with Crippen LogP contribution in [0.5, 0.6) is 0 Å². The van der Waals surface area contributed by atoms with Gasteiger partial charge in [-0.3, -0.25) is 0 Å². The van der Waals surface area contributed by atoms with Crippen molar-refractivity contribution in [2.75, 3.05) is 20.4 Å². The van der Waals surface area contributed by atoms with Gasteiger partial charge in [-0.1, -0.05) is 0 Å². The Balaban J connectivity index is 6.09. The molecule has 0 N–H and O–H groups in total. The fraction of sp³-hybridized carbons (Fsp3) is 0.700. The first-order chi connectivity index (χ1) is 9.97. The van der Waals surface area contributed by atoms with Crippen LogP contribution >= 0.6 is 7.26 Å². The van der Waals surface area contributed by atoms with Gasteiger partial charge < -0.3 is 0 Å². The van der Waals surface area contributed by atoms with Crippen molar-refractivity contribution in [2.45, 2.75) is 53.6 Å². The summed E-state index contributed by atoms with van der Waals surface area (Å²) in [5, 5.41) is 1.37. The maximum atomic E-state index is 4.33. The number of hydrogen-bond acceptors (Lipinski definition) is 1. The predicted octanol–water partition coefficient (Wildman–Crippen LogP) is 6.02. The molecule has 22 heavy (non-hydrogen) atoms. The molecule has 0 aromatic carbocycles. The van der Waals surface area contributed by atoms with E-state index in [1.807, 2.05) is 6.08 Å². The zero-order chi connectivity index (χ0) is 17.7. The molecule has 0 saturated carbocycles. The Hall–Kier alpha value is -0.640. The molecule has 0 spiro atoms. The predicted molar refractivity (Wildman–Crippen MR) is 108 cm³/mol. The van der Waals surface area contributed by atoms with Gasteiger partial charge in [0, 0.05) is 0 Å². The third-order valence-electron chi connectivity index (χ3n) is 6.11. The van der Waals surface area contributed by atoms with Gasteiger partial charge in [0.2, 0.25) is 0 Å². The third-order valence-corrected chi connectivity index (χ3v) is 11.0. The van der Waals surface area contributed by atoms with Crippen molar-refractivity contribution < 1.29 is 0 Å². The molecule has 0 aliphatic carbocycles. The number of rotatable bonds is 8. The Bertz CT molecular complexity index is 464. The number of aliphatic imine (C=N–C) groups is 1. The van der Waals surface area contributed by atoms with E-state index in [2.05, 4.69) is 78.9 Å². The Morgan fingerprint density at radius 3 is 2.14 bits per heavy atom. The van der Waals surface area contributed by atoms with E-state index in [0.717, 1.165) is 5.57 Å². The van der Waals surface area contributed by atoms with Crippen LogP contribution in [0.1, 0.15) is 48.0 Å². The first kappa shape index (κ1) is 21.4. The average Bonchev–Trinajstić information content (AvgIpc) is 2.43. The van der Waals surface area contributed by atoms with Gasteiger partial charge in [0.15, 0.2) is 0 Å². The molecule has 0 aromatic rings. The molecule has 128 valence electrons. The van der Waals surface area contributed by atoms with E-state index in [-0.39, 0.29) is 0 Å². The summed E-state index contributed by atoms with van der Waals surface area (Å²) in [6.07, 6.45) is 3.12.